The van der Waals surface area contributed by atoms with Crippen LogP contribution < -0.4 is 10.6 Å². The number of hydrogen-bond donors (Lipinski definition) is 1. The van der Waals surface area contributed by atoms with Crippen LogP contribution in [0.1, 0.15) is 19.3 Å². The molecular formula is C12H15FN2O. The molecule has 16 heavy (non-hydrogen) atoms. The van der Waals surface area contributed by atoms with Gasteiger partial charge in [0.25, 0.3) is 0 Å². The maximum absolute atomic E-state index is 13.7. The lowest BCUT2D eigenvalue weighted by atomic mass is 10.0. The van der Waals surface area contributed by atoms with E-state index in [1.807, 2.05) is 4.90 Å². The highest BCUT2D eigenvalue weighted by atomic mass is 19.1. The number of carbonyl (C=O) groups is 1. The van der Waals surface area contributed by atoms with Crippen LogP contribution in [0.5, 0.6) is 0 Å². The summed E-state index contributed by atoms with van der Waals surface area (Å²) in [5.41, 5.74) is 6.38. The summed E-state index contributed by atoms with van der Waals surface area (Å²) in [5.74, 6) is -0.353. The number of piperidine rings is 1. The second-order valence-corrected chi connectivity index (χ2v) is 4.10. The number of nitrogen functional groups attached to an aromatic ring is 1. The molecule has 2 N–H and O–H groups in total. The van der Waals surface area contributed by atoms with E-state index >= 15 is 0 Å². The average Bonchev–Trinajstić information content (AvgIpc) is 2.29. The van der Waals surface area contributed by atoms with Crippen LogP contribution in [0, 0.1) is 5.82 Å². The van der Waals surface area contributed by atoms with E-state index in [0.717, 1.165) is 32.1 Å². The fraction of sp³-hybridized carbons (Fsp3) is 0.417. The first-order valence-corrected chi connectivity index (χ1v) is 5.49. The van der Waals surface area contributed by atoms with Gasteiger partial charge in [0.15, 0.2) is 0 Å². The number of nitrogens with zero attached hydrogens (tertiary/aromatic N) is 1. The molecule has 0 spiro atoms. The van der Waals surface area contributed by atoms with Gasteiger partial charge in [-0.15, -0.1) is 0 Å². The van der Waals surface area contributed by atoms with Crippen LogP contribution in [0.2, 0.25) is 0 Å². The van der Waals surface area contributed by atoms with E-state index in [4.69, 9.17) is 5.73 Å². The third-order valence-corrected chi connectivity index (χ3v) is 2.99. The van der Waals surface area contributed by atoms with Gasteiger partial charge >= 0.3 is 0 Å². The Morgan fingerprint density at radius 1 is 1.44 bits per heavy atom. The van der Waals surface area contributed by atoms with E-state index in [1.165, 1.54) is 6.07 Å². The zero-order valence-electron chi connectivity index (χ0n) is 9.03. The van der Waals surface area contributed by atoms with E-state index in [2.05, 4.69) is 0 Å². The van der Waals surface area contributed by atoms with Gasteiger partial charge in [-0.2, -0.15) is 0 Å². The molecule has 0 aliphatic carbocycles. The molecule has 2 rings (SSSR count). The lowest BCUT2D eigenvalue weighted by Crippen LogP contribution is -2.41. The zero-order chi connectivity index (χ0) is 11.5. The highest BCUT2D eigenvalue weighted by Gasteiger charge is 2.23. The van der Waals surface area contributed by atoms with Crippen LogP contribution in [-0.2, 0) is 4.79 Å². The van der Waals surface area contributed by atoms with Gasteiger partial charge in [0.1, 0.15) is 12.1 Å². The van der Waals surface area contributed by atoms with E-state index in [1.54, 1.807) is 12.1 Å². The van der Waals surface area contributed by atoms with E-state index in [9.17, 15) is 9.18 Å². The minimum absolute atomic E-state index is 0.202. The second-order valence-electron chi connectivity index (χ2n) is 4.10. The first-order valence-electron chi connectivity index (χ1n) is 5.49. The maximum atomic E-state index is 13.7. The van der Waals surface area contributed by atoms with Crippen molar-refractivity contribution < 1.29 is 9.18 Å². The number of nitrogens with two attached hydrogens (primary N) is 1. The van der Waals surface area contributed by atoms with Crippen molar-refractivity contribution in [3.8, 4) is 0 Å². The summed E-state index contributed by atoms with van der Waals surface area (Å²) in [6, 6.07) is 4.40. The molecule has 1 aromatic carbocycles. The van der Waals surface area contributed by atoms with Crippen molar-refractivity contribution >= 4 is 17.7 Å². The Morgan fingerprint density at radius 3 is 2.94 bits per heavy atom. The molecule has 1 aromatic rings. The molecule has 4 heteroatoms. The molecule has 1 aliphatic heterocycles. The quantitative estimate of drug-likeness (QED) is 0.614. The van der Waals surface area contributed by atoms with Gasteiger partial charge in [-0.1, -0.05) is 0 Å². The summed E-state index contributed by atoms with van der Waals surface area (Å²) >= 11 is 0. The lowest BCUT2D eigenvalue weighted by molar-refractivity contribution is -0.109. The molecule has 0 bridgehead atoms. The van der Waals surface area contributed by atoms with Crippen molar-refractivity contribution in [2.45, 2.75) is 25.3 Å². The third kappa shape index (κ3) is 2.01. The minimum atomic E-state index is -0.353. The SMILES string of the molecule is Nc1ccc(N2CCCCC2C=O)c(F)c1. The summed E-state index contributed by atoms with van der Waals surface area (Å²) in [7, 11) is 0. The molecule has 1 heterocycles. The topological polar surface area (TPSA) is 46.3 Å². The molecule has 86 valence electrons. The Morgan fingerprint density at radius 2 is 2.25 bits per heavy atom. The normalized spacial score (nSPS) is 20.8. The number of anilines is 2. The summed E-state index contributed by atoms with van der Waals surface area (Å²) in [6.07, 6.45) is 3.72. The molecule has 0 saturated carbocycles. The van der Waals surface area contributed by atoms with Crippen LogP contribution >= 0.6 is 0 Å². The molecule has 1 atom stereocenters. The van der Waals surface area contributed by atoms with Gasteiger partial charge < -0.3 is 15.4 Å². The van der Waals surface area contributed by atoms with Crippen LogP contribution in [0.3, 0.4) is 0 Å². The molecule has 1 fully saturated rings. The molecule has 0 aromatic heterocycles. The van der Waals surface area contributed by atoms with Crippen molar-refractivity contribution in [3.05, 3.63) is 24.0 Å². The first kappa shape index (κ1) is 10.9. The van der Waals surface area contributed by atoms with Gasteiger partial charge in [0.05, 0.1) is 11.7 Å². The fourth-order valence-electron chi connectivity index (χ4n) is 2.15. The predicted octanol–water partition coefficient (Wildman–Crippen LogP) is 1.97. The maximum Gasteiger partial charge on any atom is 0.148 e. The van der Waals surface area contributed by atoms with Gasteiger partial charge in [-0.3, -0.25) is 0 Å². The average molecular weight is 222 g/mol. The smallest absolute Gasteiger partial charge is 0.148 e. The van der Waals surface area contributed by atoms with Gasteiger partial charge in [-0.05, 0) is 37.5 Å². The number of rotatable bonds is 2. The van der Waals surface area contributed by atoms with Crippen molar-refractivity contribution in [1.29, 1.82) is 0 Å². The molecule has 0 radical (unpaired) electrons. The minimum Gasteiger partial charge on any atom is -0.399 e. The molecule has 1 unspecified atom stereocenters. The lowest BCUT2D eigenvalue weighted by Gasteiger charge is -2.34. The van der Waals surface area contributed by atoms with Gasteiger partial charge in [0, 0.05) is 12.2 Å². The number of benzene rings is 1. The van der Waals surface area contributed by atoms with E-state index in [0.29, 0.717) is 11.4 Å². The standard InChI is InChI=1S/C12H15FN2O/c13-11-7-9(14)4-5-12(11)15-6-2-1-3-10(15)8-16/h4-5,7-8,10H,1-3,6,14H2. The Bertz CT molecular complexity index is 395. The van der Waals surface area contributed by atoms with Gasteiger partial charge in [-0.25, -0.2) is 4.39 Å². The van der Waals surface area contributed by atoms with Crippen LogP contribution in [0.15, 0.2) is 18.2 Å². The number of carbonyl (C=O) groups excluding carboxylic acids is 1. The molecule has 1 saturated heterocycles. The van der Waals surface area contributed by atoms with E-state index in [-0.39, 0.29) is 11.9 Å². The summed E-state index contributed by atoms with van der Waals surface area (Å²) in [6.45, 7) is 0.726. The number of hydrogen-bond acceptors (Lipinski definition) is 3. The van der Waals surface area contributed by atoms with Crippen molar-refractivity contribution in [2.24, 2.45) is 0 Å². The van der Waals surface area contributed by atoms with Gasteiger partial charge in [0.2, 0.25) is 0 Å². The fourth-order valence-corrected chi connectivity index (χ4v) is 2.15. The van der Waals surface area contributed by atoms with Crippen molar-refractivity contribution in [3.63, 3.8) is 0 Å². The number of aldehydes is 1. The predicted molar refractivity (Wildman–Crippen MR) is 61.9 cm³/mol. The highest BCUT2D eigenvalue weighted by Crippen LogP contribution is 2.27. The molecule has 3 nitrogen and oxygen atoms in total. The largest absolute Gasteiger partial charge is 0.399 e. The zero-order valence-corrected chi connectivity index (χ0v) is 9.03. The van der Waals surface area contributed by atoms with E-state index < -0.39 is 0 Å². The molecule has 0 amide bonds. The van der Waals surface area contributed by atoms with Crippen LogP contribution in [0.25, 0.3) is 0 Å². The summed E-state index contributed by atoms with van der Waals surface area (Å²) in [4.78, 5) is 12.8. The van der Waals surface area contributed by atoms with Crippen molar-refractivity contribution in [2.75, 3.05) is 17.2 Å². The van der Waals surface area contributed by atoms with Crippen LogP contribution in [-0.4, -0.2) is 18.9 Å². The summed E-state index contributed by atoms with van der Waals surface area (Å²) in [5, 5.41) is 0. The van der Waals surface area contributed by atoms with Crippen molar-refractivity contribution in [1.82, 2.24) is 0 Å². The Balaban J connectivity index is 2.30. The third-order valence-electron chi connectivity index (χ3n) is 2.99. The monoisotopic (exact) mass is 222 g/mol. The molecule has 1 aliphatic rings. The summed E-state index contributed by atoms with van der Waals surface area (Å²) < 4.78 is 13.7. The second kappa shape index (κ2) is 4.51. The Labute approximate surface area is 94.0 Å². The number of halogens is 1. The van der Waals surface area contributed by atoms with Crippen LogP contribution in [0.4, 0.5) is 15.8 Å². The first-order chi connectivity index (χ1) is 7.72. The molecular weight excluding hydrogens is 207 g/mol. The Kier molecular flexibility index (Phi) is 3.08. The highest BCUT2D eigenvalue weighted by molar-refractivity contribution is 5.67. The Hall–Kier alpha value is -1.58.